The molecule has 0 spiro atoms. The van der Waals surface area contributed by atoms with Crippen molar-refractivity contribution in [3.8, 4) is 0 Å². The first-order chi connectivity index (χ1) is 14.4. The van der Waals surface area contributed by atoms with E-state index < -0.39 is 0 Å². The minimum absolute atomic E-state index is 0. The van der Waals surface area contributed by atoms with Gasteiger partial charge in [0.1, 0.15) is 5.82 Å². The molecule has 1 amide bonds. The summed E-state index contributed by atoms with van der Waals surface area (Å²) in [5, 5.41) is 0.786. The maximum absolute atomic E-state index is 13.1. The Morgan fingerprint density at radius 2 is 1.84 bits per heavy atom. The SMILES string of the molecule is Cc1cccc2sc(N(CCCN(C)C)C(=O)CCCSc3ccc(F)cc3)nc12.Cl. The molecular weight excluding hydrogens is 453 g/mol. The summed E-state index contributed by atoms with van der Waals surface area (Å²) in [5.41, 5.74) is 2.11. The predicted molar refractivity (Wildman–Crippen MR) is 133 cm³/mol. The van der Waals surface area contributed by atoms with Gasteiger partial charge in [-0.3, -0.25) is 9.69 Å². The van der Waals surface area contributed by atoms with E-state index in [1.165, 1.54) is 12.1 Å². The molecule has 0 aliphatic carbocycles. The molecule has 0 atom stereocenters. The quantitative estimate of drug-likeness (QED) is 0.262. The topological polar surface area (TPSA) is 36.4 Å². The lowest BCUT2D eigenvalue weighted by Crippen LogP contribution is -2.33. The Morgan fingerprint density at radius 1 is 1.10 bits per heavy atom. The molecule has 0 radical (unpaired) electrons. The van der Waals surface area contributed by atoms with Crippen molar-refractivity contribution < 1.29 is 9.18 Å². The molecule has 0 aliphatic rings. The highest BCUT2D eigenvalue weighted by molar-refractivity contribution is 7.99. The lowest BCUT2D eigenvalue weighted by Gasteiger charge is -2.21. The van der Waals surface area contributed by atoms with Crippen molar-refractivity contribution in [2.45, 2.75) is 31.1 Å². The summed E-state index contributed by atoms with van der Waals surface area (Å²) in [5.74, 6) is 0.709. The second-order valence-corrected chi connectivity index (χ2v) is 9.70. The van der Waals surface area contributed by atoms with Crippen molar-refractivity contribution in [3.05, 3.63) is 53.8 Å². The molecule has 168 valence electrons. The molecule has 3 aromatic rings. The standard InChI is InChI=1S/C23H28FN3OS2.ClH/c1-17-7-4-8-20-22(17)25-23(30-20)27(15-6-14-26(2)3)21(28)9-5-16-29-19-12-10-18(24)11-13-19;/h4,7-8,10-13H,5-6,9,14-16H2,1-3H3;1H. The molecule has 0 aliphatic heterocycles. The average Bonchev–Trinajstić information content (AvgIpc) is 3.15. The number of rotatable bonds is 10. The van der Waals surface area contributed by atoms with Crippen LogP contribution >= 0.6 is 35.5 Å². The number of anilines is 1. The summed E-state index contributed by atoms with van der Waals surface area (Å²) in [7, 11) is 4.08. The first kappa shape index (κ1) is 25.6. The van der Waals surface area contributed by atoms with E-state index in [0.29, 0.717) is 13.0 Å². The third-order valence-corrected chi connectivity index (χ3v) is 6.89. The van der Waals surface area contributed by atoms with Crippen LogP contribution in [0.2, 0.25) is 0 Å². The van der Waals surface area contributed by atoms with Gasteiger partial charge in [0.25, 0.3) is 0 Å². The molecule has 1 aromatic heterocycles. The Balaban J connectivity index is 0.00000341. The number of para-hydroxylation sites is 1. The molecule has 0 unspecified atom stereocenters. The number of carbonyl (C=O) groups is 1. The number of aromatic nitrogens is 1. The number of thioether (sulfide) groups is 1. The van der Waals surface area contributed by atoms with Crippen LogP contribution in [0, 0.1) is 12.7 Å². The minimum atomic E-state index is -0.228. The molecule has 0 saturated carbocycles. The zero-order valence-electron chi connectivity index (χ0n) is 18.1. The van der Waals surface area contributed by atoms with Crippen LogP contribution in [0.5, 0.6) is 0 Å². The van der Waals surface area contributed by atoms with Gasteiger partial charge >= 0.3 is 0 Å². The Labute approximate surface area is 198 Å². The van der Waals surface area contributed by atoms with E-state index in [1.807, 2.05) is 25.1 Å². The maximum Gasteiger partial charge on any atom is 0.228 e. The van der Waals surface area contributed by atoms with E-state index in [9.17, 15) is 9.18 Å². The van der Waals surface area contributed by atoms with E-state index in [-0.39, 0.29) is 24.1 Å². The average molecular weight is 482 g/mol. The van der Waals surface area contributed by atoms with Gasteiger partial charge in [0.15, 0.2) is 5.13 Å². The van der Waals surface area contributed by atoms with Gasteiger partial charge in [-0.1, -0.05) is 23.5 Å². The zero-order chi connectivity index (χ0) is 21.5. The fraction of sp³-hybridized carbons (Fsp3) is 0.391. The third kappa shape index (κ3) is 7.45. The van der Waals surface area contributed by atoms with Crippen LogP contribution in [-0.4, -0.2) is 48.7 Å². The highest BCUT2D eigenvalue weighted by Crippen LogP contribution is 2.31. The summed E-state index contributed by atoms with van der Waals surface area (Å²) in [4.78, 5) is 22.9. The summed E-state index contributed by atoms with van der Waals surface area (Å²) in [6, 6.07) is 12.6. The number of aryl methyl sites for hydroxylation is 1. The van der Waals surface area contributed by atoms with E-state index in [1.54, 1.807) is 35.2 Å². The number of halogens is 2. The van der Waals surface area contributed by atoms with Crippen LogP contribution in [0.25, 0.3) is 10.2 Å². The van der Waals surface area contributed by atoms with Gasteiger partial charge in [0.2, 0.25) is 5.91 Å². The first-order valence-corrected chi connectivity index (χ1v) is 11.9. The number of nitrogens with zero attached hydrogens (tertiary/aromatic N) is 3. The summed E-state index contributed by atoms with van der Waals surface area (Å²) < 4.78 is 14.1. The monoisotopic (exact) mass is 481 g/mol. The van der Waals surface area contributed by atoms with Crippen molar-refractivity contribution in [1.82, 2.24) is 9.88 Å². The van der Waals surface area contributed by atoms with Crippen LogP contribution in [0.4, 0.5) is 9.52 Å². The second kappa shape index (κ2) is 12.4. The minimum Gasteiger partial charge on any atom is -0.309 e. The molecular formula is C23H29ClFN3OS2. The smallest absolute Gasteiger partial charge is 0.228 e. The molecule has 2 aromatic carbocycles. The molecule has 31 heavy (non-hydrogen) atoms. The number of fused-ring (bicyclic) bond motifs is 1. The largest absolute Gasteiger partial charge is 0.309 e. The van der Waals surface area contributed by atoms with Crippen LogP contribution in [0.15, 0.2) is 47.4 Å². The maximum atomic E-state index is 13.1. The van der Waals surface area contributed by atoms with Gasteiger partial charge in [-0.05, 0) is 82.1 Å². The van der Waals surface area contributed by atoms with Crippen molar-refractivity contribution in [3.63, 3.8) is 0 Å². The first-order valence-electron chi connectivity index (χ1n) is 10.1. The van der Waals surface area contributed by atoms with Gasteiger partial charge in [0.05, 0.1) is 10.2 Å². The Kier molecular flexibility index (Phi) is 10.2. The summed E-state index contributed by atoms with van der Waals surface area (Å²) in [6.45, 7) is 3.64. The lowest BCUT2D eigenvalue weighted by atomic mass is 10.2. The zero-order valence-corrected chi connectivity index (χ0v) is 20.6. The lowest BCUT2D eigenvalue weighted by molar-refractivity contribution is -0.118. The number of hydrogen-bond acceptors (Lipinski definition) is 5. The van der Waals surface area contributed by atoms with Gasteiger partial charge in [-0.2, -0.15) is 0 Å². The molecule has 0 bridgehead atoms. The molecule has 0 saturated heterocycles. The van der Waals surface area contributed by atoms with E-state index in [0.717, 1.165) is 50.9 Å². The summed E-state index contributed by atoms with van der Waals surface area (Å²) >= 11 is 3.23. The second-order valence-electron chi connectivity index (χ2n) is 7.53. The molecule has 1 heterocycles. The predicted octanol–water partition coefficient (Wildman–Crippen LogP) is 6.02. The Bertz CT molecular complexity index is 979. The van der Waals surface area contributed by atoms with Crippen molar-refractivity contribution >= 4 is 56.8 Å². The van der Waals surface area contributed by atoms with Crippen molar-refractivity contribution in [1.29, 1.82) is 0 Å². The van der Waals surface area contributed by atoms with Crippen molar-refractivity contribution in [2.24, 2.45) is 0 Å². The number of amides is 1. The molecule has 4 nitrogen and oxygen atoms in total. The molecule has 8 heteroatoms. The highest BCUT2D eigenvalue weighted by atomic mass is 35.5. The molecule has 0 N–H and O–H groups in total. The van der Waals surface area contributed by atoms with Crippen LogP contribution in [0.3, 0.4) is 0 Å². The third-order valence-electron chi connectivity index (χ3n) is 4.75. The number of carbonyl (C=O) groups excluding carboxylic acids is 1. The highest BCUT2D eigenvalue weighted by Gasteiger charge is 2.19. The van der Waals surface area contributed by atoms with Crippen LogP contribution in [-0.2, 0) is 4.79 Å². The van der Waals surface area contributed by atoms with Crippen molar-refractivity contribution in [2.75, 3.05) is 37.8 Å². The normalized spacial score (nSPS) is 11.0. The van der Waals surface area contributed by atoms with Gasteiger partial charge < -0.3 is 4.90 Å². The van der Waals surface area contributed by atoms with E-state index >= 15 is 0 Å². The number of thiazole rings is 1. The number of benzene rings is 2. The molecule has 0 fully saturated rings. The fourth-order valence-corrected chi connectivity index (χ4v) is 5.08. The van der Waals surface area contributed by atoms with Crippen LogP contribution in [0.1, 0.15) is 24.8 Å². The van der Waals surface area contributed by atoms with E-state index in [4.69, 9.17) is 4.98 Å². The van der Waals surface area contributed by atoms with Gasteiger partial charge in [-0.15, -0.1) is 24.2 Å². The molecule has 3 rings (SSSR count). The Morgan fingerprint density at radius 3 is 2.52 bits per heavy atom. The van der Waals surface area contributed by atoms with Crippen LogP contribution < -0.4 is 4.90 Å². The Hall–Kier alpha value is -1.67. The fourth-order valence-electron chi connectivity index (χ4n) is 3.14. The number of hydrogen-bond donors (Lipinski definition) is 0. The van der Waals surface area contributed by atoms with Gasteiger partial charge in [-0.25, -0.2) is 9.37 Å². The van der Waals surface area contributed by atoms with E-state index in [2.05, 4.69) is 24.0 Å². The summed E-state index contributed by atoms with van der Waals surface area (Å²) in [6.07, 6.45) is 2.15. The van der Waals surface area contributed by atoms with Gasteiger partial charge in [0, 0.05) is 17.9 Å².